The van der Waals surface area contributed by atoms with Crippen LogP contribution >= 0.6 is 0 Å². The number of Topliss-reactive ketones (excluding diaryl/α,β-unsaturated/α-hetero) is 1. The second-order valence-corrected chi connectivity index (χ2v) is 17.8. The highest BCUT2D eigenvalue weighted by Crippen LogP contribution is 2.79. The van der Waals surface area contributed by atoms with Gasteiger partial charge in [0.15, 0.2) is 5.78 Å². The first-order chi connectivity index (χ1) is 22.6. The molecule has 2 aliphatic heterocycles. The van der Waals surface area contributed by atoms with Gasteiger partial charge in [0.2, 0.25) is 0 Å². The molecule has 5 unspecified atom stereocenters. The maximum absolute atomic E-state index is 14.0. The van der Waals surface area contributed by atoms with Crippen LogP contribution in [-0.2, 0) is 27.7 Å². The average Bonchev–Trinajstić information content (AvgIpc) is 3.52. The Morgan fingerprint density at radius 2 is 1.67 bits per heavy atom. The third-order valence-electron chi connectivity index (χ3n) is 15.4. The molecule has 7 aliphatic rings. The smallest absolute Gasteiger partial charge is 0.169 e. The Hall–Kier alpha value is -1.73. The summed E-state index contributed by atoms with van der Waals surface area (Å²) in [5, 5.41) is 25.5. The van der Waals surface area contributed by atoms with Gasteiger partial charge in [-0.2, -0.15) is 0 Å². The number of aromatic nitrogens is 1. The SMILES string of the molecule is CC.CC.CC1OC(C)(C)C2Cc3c(ccc4[nH]c5c(c34)CC3CC[C@]4(O)[C@](C)(CCCC6O[C@H](C(C)(C)O)C[C@H]7C[C@@]674)[C@@]53C)C(=O)C12. The quantitative estimate of drug-likeness (QED) is 0.285. The molecule has 3 heterocycles. The number of aliphatic hydroxyl groups is 2. The number of ether oxygens (including phenoxy) is 2. The summed E-state index contributed by atoms with van der Waals surface area (Å²) in [7, 11) is 0. The lowest BCUT2D eigenvalue weighted by Crippen LogP contribution is -2.68. The van der Waals surface area contributed by atoms with Crippen LogP contribution in [0.25, 0.3) is 10.9 Å². The van der Waals surface area contributed by atoms with E-state index in [-0.39, 0.29) is 57.8 Å². The van der Waals surface area contributed by atoms with Gasteiger partial charge >= 0.3 is 0 Å². The van der Waals surface area contributed by atoms with E-state index >= 15 is 0 Å². The van der Waals surface area contributed by atoms with Crippen molar-refractivity contribution < 1.29 is 24.5 Å². The zero-order valence-corrected chi connectivity index (χ0v) is 31.7. The van der Waals surface area contributed by atoms with Crippen molar-refractivity contribution in [2.24, 2.45) is 34.5 Å². The number of fused-ring (bicyclic) bond motifs is 10. The van der Waals surface area contributed by atoms with Gasteiger partial charge in [-0.3, -0.25) is 4.79 Å². The molecule has 2 aromatic rings. The van der Waals surface area contributed by atoms with Gasteiger partial charge < -0.3 is 24.7 Å². The Labute approximate surface area is 289 Å². The summed E-state index contributed by atoms with van der Waals surface area (Å²) >= 11 is 0. The molecule has 3 saturated carbocycles. The molecule has 3 N–H and O–H groups in total. The molecule has 48 heavy (non-hydrogen) atoms. The lowest BCUT2D eigenvalue weighted by Gasteiger charge is -2.64. The normalized spacial score (nSPS) is 44.6. The van der Waals surface area contributed by atoms with Gasteiger partial charge in [-0.1, -0.05) is 48.0 Å². The summed E-state index contributed by atoms with van der Waals surface area (Å²) in [5.74, 6) is 1.21. The molecular formula is C42H63NO5. The van der Waals surface area contributed by atoms with Crippen molar-refractivity contribution in [3.8, 4) is 0 Å². The summed E-state index contributed by atoms with van der Waals surface area (Å²) in [6.07, 6.45) is 8.24. The van der Waals surface area contributed by atoms with Crippen LogP contribution in [0.4, 0.5) is 0 Å². The number of hydrogen-bond acceptors (Lipinski definition) is 5. The van der Waals surface area contributed by atoms with Crippen LogP contribution in [0.5, 0.6) is 0 Å². The largest absolute Gasteiger partial charge is 0.389 e. The van der Waals surface area contributed by atoms with Crippen molar-refractivity contribution in [1.29, 1.82) is 0 Å². The summed E-state index contributed by atoms with van der Waals surface area (Å²) in [6.45, 7) is 23.0. The molecule has 5 aliphatic carbocycles. The van der Waals surface area contributed by atoms with Crippen molar-refractivity contribution in [2.45, 2.75) is 174 Å². The van der Waals surface area contributed by atoms with Crippen molar-refractivity contribution in [1.82, 2.24) is 4.98 Å². The predicted molar refractivity (Wildman–Crippen MR) is 191 cm³/mol. The van der Waals surface area contributed by atoms with Crippen molar-refractivity contribution in [3.05, 3.63) is 34.5 Å². The number of rotatable bonds is 1. The van der Waals surface area contributed by atoms with Crippen LogP contribution in [0, 0.1) is 34.5 Å². The summed E-state index contributed by atoms with van der Waals surface area (Å²) < 4.78 is 13.1. The van der Waals surface area contributed by atoms with E-state index in [0.29, 0.717) is 11.8 Å². The molecule has 266 valence electrons. The maximum atomic E-state index is 14.0. The number of carbonyl (C=O) groups is 1. The molecule has 9 rings (SSSR count). The first-order valence-electron chi connectivity index (χ1n) is 19.6. The molecule has 11 atom stereocenters. The highest BCUT2D eigenvalue weighted by molar-refractivity contribution is 6.06. The molecule has 0 bridgehead atoms. The molecule has 2 saturated heterocycles. The Balaban J connectivity index is 0.000000880. The Morgan fingerprint density at radius 3 is 2.35 bits per heavy atom. The second-order valence-electron chi connectivity index (χ2n) is 17.8. The van der Waals surface area contributed by atoms with Crippen LogP contribution in [0.15, 0.2) is 12.1 Å². The third-order valence-corrected chi connectivity index (χ3v) is 15.4. The fourth-order valence-corrected chi connectivity index (χ4v) is 13.0. The third kappa shape index (κ3) is 4.04. The number of nitrogens with one attached hydrogen (secondary N) is 1. The highest BCUT2D eigenvalue weighted by atomic mass is 16.5. The predicted octanol–water partition coefficient (Wildman–Crippen LogP) is 8.47. The molecule has 1 aromatic carbocycles. The molecule has 6 heteroatoms. The first kappa shape index (κ1) is 34.7. The van der Waals surface area contributed by atoms with E-state index in [4.69, 9.17) is 9.47 Å². The number of aromatic amines is 1. The average molecular weight is 662 g/mol. The maximum Gasteiger partial charge on any atom is 0.169 e. The minimum Gasteiger partial charge on any atom is -0.389 e. The van der Waals surface area contributed by atoms with E-state index in [0.717, 1.165) is 68.9 Å². The van der Waals surface area contributed by atoms with Crippen molar-refractivity contribution in [3.63, 3.8) is 0 Å². The zero-order chi connectivity index (χ0) is 35.0. The van der Waals surface area contributed by atoms with Gasteiger partial charge in [0.25, 0.3) is 0 Å². The monoisotopic (exact) mass is 661 g/mol. The molecule has 0 radical (unpaired) electrons. The minimum atomic E-state index is -0.875. The molecule has 1 aromatic heterocycles. The lowest BCUT2D eigenvalue weighted by molar-refractivity contribution is -0.252. The fourth-order valence-electron chi connectivity index (χ4n) is 13.0. The standard InChI is InChI=1S/C38H51NO5.2C2H6/c1-19-29-25(34(4,5)44-19)17-23-22(31(29)40)10-11-26-30(23)24-15-20-12-14-38(42)35(6,36(20,7)32(24)39-26)13-8-9-27-37(38)18-21(37)16-28(43-27)33(2,3)41;2*1-2/h10-11,19-21,25,27-29,39,41-42H,8-9,12-18H2,1-7H3;2*1-2H3/t19?,20?,21-,25?,27?,28-,29?,35+,36+,37-,38-;;/m0../s1. The van der Waals surface area contributed by atoms with Gasteiger partial charge in [0, 0.05) is 44.3 Å². The van der Waals surface area contributed by atoms with Gasteiger partial charge in [-0.15, -0.1) is 0 Å². The van der Waals surface area contributed by atoms with Crippen LogP contribution in [0.2, 0.25) is 0 Å². The van der Waals surface area contributed by atoms with E-state index in [2.05, 4.69) is 51.7 Å². The first-order valence-corrected chi connectivity index (χ1v) is 19.6. The fraction of sp³-hybridized carbons (Fsp3) is 0.786. The topological polar surface area (TPSA) is 91.8 Å². The van der Waals surface area contributed by atoms with E-state index in [9.17, 15) is 15.0 Å². The molecule has 5 fully saturated rings. The number of H-pyrrole nitrogens is 1. The summed E-state index contributed by atoms with van der Waals surface area (Å²) in [6, 6.07) is 4.22. The van der Waals surface area contributed by atoms with Crippen LogP contribution in [0.3, 0.4) is 0 Å². The molecule has 1 spiro atoms. The summed E-state index contributed by atoms with van der Waals surface area (Å²) in [5.41, 5.74) is 3.19. The van der Waals surface area contributed by atoms with Gasteiger partial charge in [0.1, 0.15) is 0 Å². The number of carbonyl (C=O) groups excluding carboxylic acids is 1. The summed E-state index contributed by atoms with van der Waals surface area (Å²) in [4.78, 5) is 18.0. The molecule has 0 amide bonds. The van der Waals surface area contributed by atoms with Crippen molar-refractivity contribution >= 4 is 16.7 Å². The Kier molecular flexibility index (Phi) is 7.87. The Morgan fingerprint density at radius 1 is 0.958 bits per heavy atom. The van der Waals surface area contributed by atoms with Gasteiger partial charge in [0.05, 0.1) is 41.0 Å². The zero-order valence-electron chi connectivity index (χ0n) is 31.7. The van der Waals surface area contributed by atoms with Gasteiger partial charge in [-0.05, 0) is 121 Å². The van der Waals surface area contributed by atoms with Crippen molar-refractivity contribution in [2.75, 3.05) is 0 Å². The van der Waals surface area contributed by atoms with E-state index in [1.807, 2.05) is 41.5 Å². The molecular weight excluding hydrogens is 598 g/mol. The number of hydrogen-bond donors (Lipinski definition) is 3. The number of benzene rings is 1. The van der Waals surface area contributed by atoms with E-state index in [1.54, 1.807) is 0 Å². The second kappa shape index (κ2) is 10.9. The number of ketones is 1. The van der Waals surface area contributed by atoms with Crippen LogP contribution in [0.1, 0.15) is 148 Å². The lowest BCUT2D eigenvalue weighted by atomic mass is 9.43. The molecule has 6 nitrogen and oxygen atoms in total. The van der Waals surface area contributed by atoms with Crippen LogP contribution in [-0.4, -0.2) is 56.1 Å². The van der Waals surface area contributed by atoms with Crippen LogP contribution < -0.4 is 0 Å². The Bertz CT molecular complexity index is 1620. The van der Waals surface area contributed by atoms with E-state index in [1.165, 1.54) is 22.2 Å². The highest BCUT2D eigenvalue weighted by Gasteiger charge is 2.81. The van der Waals surface area contributed by atoms with Gasteiger partial charge in [-0.25, -0.2) is 0 Å². The van der Waals surface area contributed by atoms with E-state index < -0.39 is 11.2 Å². The minimum absolute atomic E-state index is 0.00130.